The van der Waals surface area contributed by atoms with Gasteiger partial charge in [-0.2, -0.15) is 0 Å². The first-order valence-corrected chi connectivity index (χ1v) is 4.40. The van der Waals surface area contributed by atoms with E-state index in [9.17, 15) is 5.11 Å². The molecule has 0 bridgehead atoms. The molecular weight excluding hydrogens is 166 g/mol. The monoisotopic (exact) mass is 179 g/mol. The minimum atomic E-state index is -0.223. The molecule has 2 heterocycles. The van der Waals surface area contributed by atoms with Gasteiger partial charge in [0.1, 0.15) is 0 Å². The summed E-state index contributed by atoms with van der Waals surface area (Å²) < 4.78 is 0. The third-order valence-corrected chi connectivity index (χ3v) is 2.34. The number of aliphatic hydroxyl groups excluding tert-OH is 1. The zero-order valence-corrected chi connectivity index (χ0v) is 7.35. The van der Waals surface area contributed by atoms with E-state index < -0.39 is 0 Å². The van der Waals surface area contributed by atoms with E-state index >= 15 is 0 Å². The van der Waals surface area contributed by atoms with Crippen molar-refractivity contribution in [3.05, 3.63) is 18.5 Å². The highest BCUT2D eigenvalue weighted by Gasteiger charge is 2.21. The Labute approximate surface area is 77.0 Å². The van der Waals surface area contributed by atoms with Gasteiger partial charge in [-0.1, -0.05) is 0 Å². The Kier molecular flexibility index (Phi) is 2.06. The second-order valence-corrected chi connectivity index (χ2v) is 3.32. The van der Waals surface area contributed by atoms with Crippen LogP contribution in [0.4, 0.5) is 11.4 Å². The summed E-state index contributed by atoms with van der Waals surface area (Å²) in [5.41, 5.74) is 7.44. The van der Waals surface area contributed by atoms with Crippen LogP contribution in [0, 0.1) is 0 Å². The van der Waals surface area contributed by atoms with Gasteiger partial charge in [0.15, 0.2) is 0 Å². The summed E-state index contributed by atoms with van der Waals surface area (Å²) >= 11 is 0. The third kappa shape index (κ3) is 1.58. The number of pyridine rings is 1. The fraction of sp³-hybridized carbons (Fsp3) is 0.444. The first-order valence-electron chi connectivity index (χ1n) is 4.40. The minimum absolute atomic E-state index is 0.223. The van der Waals surface area contributed by atoms with Crippen molar-refractivity contribution < 1.29 is 5.11 Å². The molecule has 0 amide bonds. The Morgan fingerprint density at radius 3 is 3.08 bits per heavy atom. The van der Waals surface area contributed by atoms with E-state index in [-0.39, 0.29) is 6.10 Å². The molecule has 1 unspecified atom stereocenters. The summed E-state index contributed by atoms with van der Waals surface area (Å²) in [6.45, 7) is 1.52. The standard InChI is InChI=1S/C9H13N3O/c10-8-1-3-11-5-9(8)12-4-2-7(13)6-12/h1,3,5,7,13H,2,4,6H2,(H2,10,11). The van der Waals surface area contributed by atoms with Crippen LogP contribution in [0.2, 0.25) is 0 Å². The molecule has 0 saturated carbocycles. The molecule has 1 aliphatic heterocycles. The maximum atomic E-state index is 9.35. The molecular formula is C9H13N3O. The summed E-state index contributed by atoms with van der Waals surface area (Å²) in [7, 11) is 0. The van der Waals surface area contributed by atoms with Crippen LogP contribution in [0.25, 0.3) is 0 Å². The summed E-state index contributed by atoms with van der Waals surface area (Å²) in [6, 6.07) is 1.78. The maximum absolute atomic E-state index is 9.35. The van der Waals surface area contributed by atoms with Crippen LogP contribution >= 0.6 is 0 Å². The zero-order valence-electron chi connectivity index (χ0n) is 7.35. The average Bonchev–Trinajstić information content (AvgIpc) is 2.53. The molecule has 13 heavy (non-hydrogen) atoms. The third-order valence-electron chi connectivity index (χ3n) is 2.34. The maximum Gasteiger partial charge on any atom is 0.0787 e. The molecule has 1 fully saturated rings. The number of aliphatic hydroxyl groups is 1. The smallest absolute Gasteiger partial charge is 0.0787 e. The van der Waals surface area contributed by atoms with Crippen LogP contribution < -0.4 is 10.6 Å². The number of hydrogen-bond donors (Lipinski definition) is 2. The number of nitrogen functional groups attached to an aromatic ring is 1. The van der Waals surface area contributed by atoms with Crippen molar-refractivity contribution in [2.75, 3.05) is 23.7 Å². The highest BCUT2D eigenvalue weighted by molar-refractivity contribution is 5.66. The number of β-amino-alcohol motifs (C(OH)–C–C–N with tert-alkyl or cyclic N) is 1. The van der Waals surface area contributed by atoms with Gasteiger partial charge in [0.2, 0.25) is 0 Å². The van der Waals surface area contributed by atoms with Gasteiger partial charge in [-0.05, 0) is 12.5 Å². The fourth-order valence-corrected chi connectivity index (χ4v) is 1.62. The van der Waals surface area contributed by atoms with Gasteiger partial charge in [0.05, 0.1) is 23.7 Å². The van der Waals surface area contributed by atoms with E-state index in [1.54, 1.807) is 18.5 Å². The lowest BCUT2D eigenvalue weighted by Gasteiger charge is -2.18. The van der Waals surface area contributed by atoms with Crippen molar-refractivity contribution in [3.63, 3.8) is 0 Å². The number of aromatic nitrogens is 1. The number of nitrogens with zero attached hydrogens (tertiary/aromatic N) is 2. The van der Waals surface area contributed by atoms with Crippen molar-refractivity contribution in [2.45, 2.75) is 12.5 Å². The van der Waals surface area contributed by atoms with Crippen molar-refractivity contribution in [1.29, 1.82) is 0 Å². The van der Waals surface area contributed by atoms with E-state index in [1.807, 2.05) is 0 Å². The van der Waals surface area contributed by atoms with Crippen molar-refractivity contribution in [2.24, 2.45) is 0 Å². The van der Waals surface area contributed by atoms with Gasteiger partial charge in [-0.25, -0.2) is 0 Å². The molecule has 1 saturated heterocycles. The molecule has 1 aromatic heterocycles. The number of hydrogen-bond acceptors (Lipinski definition) is 4. The van der Waals surface area contributed by atoms with E-state index in [0.717, 1.165) is 24.3 Å². The number of rotatable bonds is 1. The van der Waals surface area contributed by atoms with Crippen LogP contribution in [0.1, 0.15) is 6.42 Å². The molecule has 0 aromatic carbocycles. The number of nitrogens with two attached hydrogens (primary N) is 1. The highest BCUT2D eigenvalue weighted by atomic mass is 16.3. The zero-order chi connectivity index (χ0) is 9.26. The lowest BCUT2D eigenvalue weighted by atomic mass is 10.3. The first-order chi connectivity index (χ1) is 6.27. The van der Waals surface area contributed by atoms with Crippen LogP contribution in [-0.2, 0) is 0 Å². The Morgan fingerprint density at radius 2 is 2.46 bits per heavy atom. The molecule has 0 spiro atoms. The second kappa shape index (κ2) is 3.22. The molecule has 70 valence electrons. The van der Waals surface area contributed by atoms with Gasteiger partial charge < -0.3 is 15.7 Å². The summed E-state index contributed by atoms with van der Waals surface area (Å²) in [4.78, 5) is 6.07. The lowest BCUT2D eigenvalue weighted by molar-refractivity contribution is 0.198. The Morgan fingerprint density at radius 1 is 1.62 bits per heavy atom. The van der Waals surface area contributed by atoms with Gasteiger partial charge in [0.25, 0.3) is 0 Å². The first kappa shape index (κ1) is 8.31. The molecule has 0 radical (unpaired) electrons. The predicted octanol–water partition coefficient (Wildman–Crippen LogP) is 0.235. The second-order valence-electron chi connectivity index (χ2n) is 3.32. The topological polar surface area (TPSA) is 62.4 Å². The van der Waals surface area contributed by atoms with Crippen molar-refractivity contribution in [1.82, 2.24) is 4.98 Å². The predicted molar refractivity (Wildman–Crippen MR) is 51.5 cm³/mol. The van der Waals surface area contributed by atoms with Crippen LogP contribution in [0.15, 0.2) is 18.5 Å². The van der Waals surface area contributed by atoms with E-state index in [2.05, 4.69) is 9.88 Å². The summed E-state index contributed by atoms with van der Waals surface area (Å²) in [5.74, 6) is 0. The molecule has 1 aromatic rings. The highest BCUT2D eigenvalue weighted by Crippen LogP contribution is 2.24. The molecule has 4 heteroatoms. The Balaban J connectivity index is 2.21. The van der Waals surface area contributed by atoms with Gasteiger partial charge in [-0.3, -0.25) is 4.98 Å². The summed E-state index contributed by atoms with van der Waals surface area (Å²) in [5, 5.41) is 9.35. The average molecular weight is 179 g/mol. The molecule has 2 rings (SSSR count). The van der Waals surface area contributed by atoms with Gasteiger partial charge in [0, 0.05) is 19.3 Å². The van der Waals surface area contributed by atoms with Crippen LogP contribution in [0.5, 0.6) is 0 Å². The summed E-state index contributed by atoms with van der Waals surface area (Å²) in [6.07, 6.45) is 4.01. The molecule has 3 N–H and O–H groups in total. The van der Waals surface area contributed by atoms with E-state index in [1.165, 1.54) is 0 Å². The van der Waals surface area contributed by atoms with Crippen molar-refractivity contribution >= 4 is 11.4 Å². The van der Waals surface area contributed by atoms with Gasteiger partial charge >= 0.3 is 0 Å². The van der Waals surface area contributed by atoms with E-state index in [0.29, 0.717) is 6.54 Å². The minimum Gasteiger partial charge on any atom is -0.397 e. The largest absolute Gasteiger partial charge is 0.397 e. The Bertz CT molecular complexity index is 303. The number of anilines is 2. The normalized spacial score (nSPS) is 22.2. The van der Waals surface area contributed by atoms with Crippen LogP contribution in [-0.4, -0.2) is 29.3 Å². The Hall–Kier alpha value is -1.29. The van der Waals surface area contributed by atoms with E-state index in [4.69, 9.17) is 5.73 Å². The van der Waals surface area contributed by atoms with Gasteiger partial charge in [-0.15, -0.1) is 0 Å². The van der Waals surface area contributed by atoms with Crippen molar-refractivity contribution in [3.8, 4) is 0 Å². The molecule has 4 nitrogen and oxygen atoms in total. The SMILES string of the molecule is Nc1ccncc1N1CCC(O)C1. The van der Waals surface area contributed by atoms with Crippen LogP contribution in [0.3, 0.4) is 0 Å². The quantitative estimate of drug-likeness (QED) is 0.648. The molecule has 1 atom stereocenters. The molecule has 0 aliphatic carbocycles. The lowest BCUT2D eigenvalue weighted by Crippen LogP contribution is -2.22. The molecule has 1 aliphatic rings. The fourth-order valence-electron chi connectivity index (χ4n) is 1.62.